The van der Waals surface area contributed by atoms with Crippen LogP contribution >= 0.6 is 0 Å². The molecule has 0 radical (unpaired) electrons. The predicted octanol–water partition coefficient (Wildman–Crippen LogP) is 3.74. The van der Waals surface area contributed by atoms with Crippen molar-refractivity contribution in [3.63, 3.8) is 0 Å². The molecule has 0 saturated heterocycles. The number of fused-ring (bicyclic) bond motifs is 1. The molecule has 146 valence electrons. The van der Waals surface area contributed by atoms with Crippen LogP contribution in [0.2, 0.25) is 0 Å². The van der Waals surface area contributed by atoms with Gasteiger partial charge in [-0.25, -0.2) is 0 Å². The quantitative estimate of drug-likeness (QED) is 0.808. The molecule has 0 bridgehead atoms. The van der Waals surface area contributed by atoms with E-state index in [1.54, 1.807) is 0 Å². The first kappa shape index (κ1) is 19.6. The number of hydrogen-bond acceptors (Lipinski definition) is 3. The van der Waals surface area contributed by atoms with E-state index < -0.39 is 5.91 Å². The summed E-state index contributed by atoms with van der Waals surface area (Å²) >= 11 is 0. The number of nitrogens with zero attached hydrogens (tertiary/aromatic N) is 2. The second-order valence-corrected chi connectivity index (χ2v) is 8.49. The third-order valence-corrected chi connectivity index (χ3v) is 5.76. The third kappa shape index (κ3) is 4.24. The minimum Gasteiger partial charge on any atom is -0.373 e. The van der Waals surface area contributed by atoms with Crippen LogP contribution in [-0.4, -0.2) is 21.8 Å². The zero-order chi connectivity index (χ0) is 19.6. The first-order valence-electron chi connectivity index (χ1n) is 9.85. The summed E-state index contributed by atoms with van der Waals surface area (Å²) in [5.74, 6) is 0.0561. The maximum atomic E-state index is 12.0. The van der Waals surface area contributed by atoms with Crippen molar-refractivity contribution < 1.29 is 9.53 Å². The molecule has 2 N–H and O–H groups in total. The number of rotatable bonds is 7. The highest BCUT2D eigenvalue weighted by Crippen LogP contribution is 2.39. The molecule has 1 aromatic carbocycles. The van der Waals surface area contributed by atoms with Crippen LogP contribution in [0.5, 0.6) is 0 Å². The molecule has 1 heterocycles. The Bertz CT molecular complexity index is 795. The molecule has 0 saturated carbocycles. The molecular formula is C22H31N3O2. The average Bonchev–Trinajstić information content (AvgIpc) is 2.97. The Morgan fingerprint density at radius 2 is 2.07 bits per heavy atom. The van der Waals surface area contributed by atoms with E-state index in [1.165, 1.54) is 0 Å². The summed E-state index contributed by atoms with van der Waals surface area (Å²) in [5, 5.41) is 4.58. The summed E-state index contributed by atoms with van der Waals surface area (Å²) in [6, 6.07) is 10.2. The summed E-state index contributed by atoms with van der Waals surface area (Å²) in [6.45, 7) is 10.2. The fraction of sp³-hybridized carbons (Fsp3) is 0.545. The summed E-state index contributed by atoms with van der Waals surface area (Å²) in [5.41, 5.74) is 9.29. The van der Waals surface area contributed by atoms with Gasteiger partial charge in [0.25, 0.3) is 5.91 Å². The molecule has 5 heteroatoms. The zero-order valence-corrected chi connectivity index (χ0v) is 16.9. The van der Waals surface area contributed by atoms with Crippen molar-refractivity contribution in [2.45, 2.75) is 66.2 Å². The minimum absolute atomic E-state index is 0.0181. The Morgan fingerprint density at radius 1 is 1.37 bits per heavy atom. The highest BCUT2D eigenvalue weighted by molar-refractivity contribution is 5.92. The lowest BCUT2D eigenvalue weighted by molar-refractivity contribution is -0.0414. The Morgan fingerprint density at radius 3 is 2.70 bits per heavy atom. The third-order valence-electron chi connectivity index (χ3n) is 5.76. The molecule has 2 atom stereocenters. The van der Waals surface area contributed by atoms with Gasteiger partial charge in [0.15, 0.2) is 5.69 Å². The van der Waals surface area contributed by atoms with E-state index in [1.807, 2.05) is 22.9 Å². The van der Waals surface area contributed by atoms with Crippen molar-refractivity contribution in [1.82, 2.24) is 9.78 Å². The first-order chi connectivity index (χ1) is 12.8. The summed E-state index contributed by atoms with van der Waals surface area (Å²) in [7, 11) is 0. The van der Waals surface area contributed by atoms with Gasteiger partial charge in [0, 0.05) is 24.2 Å². The van der Waals surface area contributed by atoms with Crippen molar-refractivity contribution in [3.8, 4) is 0 Å². The summed E-state index contributed by atoms with van der Waals surface area (Å²) in [4.78, 5) is 12.0. The standard InChI is InChI=1S/C22H31N3O2/c1-5-15(2)13-25-18-12-22(3,4)19(11-17(18)20(24-25)21(23)26)27-14-16-9-7-6-8-10-16/h6-10,15,19H,5,11-14H2,1-4H3,(H2,23,26). The van der Waals surface area contributed by atoms with Gasteiger partial charge in [-0.1, -0.05) is 64.4 Å². The number of ether oxygens (including phenoxy) is 1. The van der Waals surface area contributed by atoms with Crippen LogP contribution in [-0.2, 0) is 30.7 Å². The van der Waals surface area contributed by atoms with E-state index in [0.717, 1.165) is 36.2 Å². The molecule has 1 aliphatic carbocycles. The normalized spacial score (nSPS) is 19.5. The lowest BCUT2D eigenvalue weighted by Gasteiger charge is -2.38. The van der Waals surface area contributed by atoms with E-state index in [-0.39, 0.29) is 11.5 Å². The van der Waals surface area contributed by atoms with E-state index in [2.05, 4.69) is 44.9 Å². The van der Waals surface area contributed by atoms with Crippen LogP contribution in [0.25, 0.3) is 0 Å². The number of nitrogens with two attached hydrogens (primary N) is 1. The van der Waals surface area contributed by atoms with Gasteiger partial charge in [-0.05, 0) is 23.3 Å². The number of hydrogen-bond donors (Lipinski definition) is 1. The van der Waals surface area contributed by atoms with Crippen LogP contribution < -0.4 is 5.73 Å². The van der Waals surface area contributed by atoms with Crippen molar-refractivity contribution in [2.24, 2.45) is 17.1 Å². The topological polar surface area (TPSA) is 70.1 Å². The monoisotopic (exact) mass is 369 g/mol. The SMILES string of the molecule is CCC(C)Cn1nc(C(N)=O)c2c1CC(C)(C)C(OCc1ccccc1)C2. The highest BCUT2D eigenvalue weighted by atomic mass is 16.5. The van der Waals surface area contributed by atoms with E-state index in [0.29, 0.717) is 24.6 Å². The molecule has 1 aliphatic rings. The molecular weight excluding hydrogens is 338 g/mol. The smallest absolute Gasteiger partial charge is 0.269 e. The van der Waals surface area contributed by atoms with Crippen LogP contribution in [0.15, 0.2) is 30.3 Å². The second kappa shape index (κ2) is 7.85. The molecule has 0 spiro atoms. The van der Waals surface area contributed by atoms with E-state index in [4.69, 9.17) is 10.5 Å². The van der Waals surface area contributed by atoms with E-state index >= 15 is 0 Å². The molecule has 1 aromatic heterocycles. The van der Waals surface area contributed by atoms with Crippen molar-refractivity contribution >= 4 is 5.91 Å². The van der Waals surface area contributed by atoms with Gasteiger partial charge >= 0.3 is 0 Å². The van der Waals surface area contributed by atoms with Crippen molar-refractivity contribution in [2.75, 3.05) is 0 Å². The first-order valence-corrected chi connectivity index (χ1v) is 9.85. The minimum atomic E-state index is -0.448. The average molecular weight is 370 g/mol. The molecule has 27 heavy (non-hydrogen) atoms. The van der Waals surface area contributed by atoms with Gasteiger partial charge in [-0.2, -0.15) is 5.10 Å². The Balaban J connectivity index is 1.86. The molecule has 3 rings (SSSR count). The molecule has 0 aliphatic heterocycles. The van der Waals surface area contributed by atoms with Crippen molar-refractivity contribution in [1.29, 1.82) is 0 Å². The second-order valence-electron chi connectivity index (χ2n) is 8.49. The molecule has 0 fully saturated rings. The Kier molecular flexibility index (Phi) is 5.70. The lowest BCUT2D eigenvalue weighted by Crippen LogP contribution is -2.40. The van der Waals surface area contributed by atoms with Crippen LogP contribution in [0, 0.1) is 11.3 Å². The lowest BCUT2D eigenvalue weighted by atomic mass is 9.73. The number of carbonyl (C=O) groups excluding carboxylic acids is 1. The molecule has 1 amide bonds. The van der Waals surface area contributed by atoms with Crippen LogP contribution in [0.4, 0.5) is 0 Å². The predicted molar refractivity (Wildman–Crippen MR) is 106 cm³/mol. The highest BCUT2D eigenvalue weighted by Gasteiger charge is 2.40. The maximum Gasteiger partial charge on any atom is 0.269 e. The Hall–Kier alpha value is -2.14. The number of aromatic nitrogens is 2. The fourth-order valence-electron chi connectivity index (χ4n) is 3.78. The Labute approximate surface area is 161 Å². The van der Waals surface area contributed by atoms with E-state index in [9.17, 15) is 4.79 Å². The van der Waals surface area contributed by atoms with Gasteiger partial charge in [0.1, 0.15) is 0 Å². The number of carbonyl (C=O) groups is 1. The number of amides is 1. The van der Waals surface area contributed by atoms with Crippen LogP contribution in [0.3, 0.4) is 0 Å². The largest absolute Gasteiger partial charge is 0.373 e. The molecule has 2 unspecified atom stereocenters. The zero-order valence-electron chi connectivity index (χ0n) is 16.9. The maximum absolute atomic E-state index is 12.0. The van der Waals surface area contributed by atoms with Gasteiger partial charge in [-0.15, -0.1) is 0 Å². The van der Waals surface area contributed by atoms with Gasteiger partial charge in [0.05, 0.1) is 12.7 Å². The number of primary amides is 1. The van der Waals surface area contributed by atoms with Gasteiger partial charge < -0.3 is 10.5 Å². The summed E-state index contributed by atoms with van der Waals surface area (Å²) in [6.07, 6.45) is 2.60. The summed E-state index contributed by atoms with van der Waals surface area (Å²) < 4.78 is 8.31. The van der Waals surface area contributed by atoms with Gasteiger partial charge in [0.2, 0.25) is 0 Å². The number of benzene rings is 1. The fourth-order valence-corrected chi connectivity index (χ4v) is 3.78. The van der Waals surface area contributed by atoms with Gasteiger partial charge in [-0.3, -0.25) is 9.48 Å². The van der Waals surface area contributed by atoms with Crippen molar-refractivity contribution in [3.05, 3.63) is 52.8 Å². The van der Waals surface area contributed by atoms with Crippen LogP contribution in [0.1, 0.15) is 61.4 Å². The molecule has 5 nitrogen and oxygen atoms in total. The molecule has 2 aromatic rings.